The summed E-state index contributed by atoms with van der Waals surface area (Å²) in [5.74, 6) is 0.681. The molecule has 2 aliphatic heterocycles. The van der Waals surface area contributed by atoms with Crippen molar-refractivity contribution in [2.75, 3.05) is 18.4 Å². The number of piperidine rings is 1. The van der Waals surface area contributed by atoms with Crippen molar-refractivity contribution in [2.24, 2.45) is 9.98 Å². The van der Waals surface area contributed by atoms with Crippen molar-refractivity contribution in [2.45, 2.75) is 26.2 Å². The Morgan fingerprint density at radius 1 is 1.26 bits per heavy atom. The number of amidine groups is 2. The van der Waals surface area contributed by atoms with E-state index in [1.807, 2.05) is 6.07 Å². The molecule has 23 heavy (non-hydrogen) atoms. The maximum absolute atomic E-state index is 13.6. The molecular weight excluding hydrogens is 293 g/mol. The van der Waals surface area contributed by atoms with E-state index < -0.39 is 0 Å². The second-order valence-electron chi connectivity index (χ2n) is 5.76. The van der Waals surface area contributed by atoms with Crippen LogP contribution in [0.25, 0.3) is 0 Å². The molecule has 0 radical (unpaired) electrons. The number of likely N-dealkylation sites (tertiary alicyclic amines) is 1. The Morgan fingerprint density at radius 2 is 2.04 bits per heavy atom. The molecule has 0 bridgehead atoms. The number of rotatable bonds is 2. The Morgan fingerprint density at radius 3 is 2.78 bits per heavy atom. The molecular formula is C17H20FN5. The van der Waals surface area contributed by atoms with Gasteiger partial charge in [-0.15, -0.1) is 0 Å². The third-order valence-electron chi connectivity index (χ3n) is 4.07. The number of hydrogen-bond donors (Lipinski definition) is 2. The molecule has 5 nitrogen and oxygen atoms in total. The third-order valence-corrected chi connectivity index (χ3v) is 4.07. The van der Waals surface area contributed by atoms with Crippen LogP contribution in [-0.4, -0.2) is 36.0 Å². The average Bonchev–Trinajstić information content (AvgIpc) is 2.57. The van der Waals surface area contributed by atoms with Crippen LogP contribution in [0.3, 0.4) is 0 Å². The van der Waals surface area contributed by atoms with Crippen LogP contribution in [-0.2, 0) is 0 Å². The van der Waals surface area contributed by atoms with Gasteiger partial charge in [-0.25, -0.2) is 14.4 Å². The molecule has 2 aliphatic rings. The minimum atomic E-state index is -0.255. The van der Waals surface area contributed by atoms with Gasteiger partial charge in [0.25, 0.3) is 0 Å². The summed E-state index contributed by atoms with van der Waals surface area (Å²) in [6.45, 7) is 3.61. The molecule has 2 N–H and O–H groups in total. The van der Waals surface area contributed by atoms with Gasteiger partial charge in [0.2, 0.25) is 0 Å². The van der Waals surface area contributed by atoms with E-state index in [4.69, 9.17) is 5.41 Å². The van der Waals surface area contributed by atoms with Crippen LogP contribution in [0.15, 0.2) is 40.0 Å². The minimum Gasteiger partial charge on any atom is -0.361 e. The quantitative estimate of drug-likeness (QED) is 0.879. The Hall–Kier alpha value is -2.50. The fourth-order valence-corrected chi connectivity index (χ4v) is 2.72. The highest BCUT2D eigenvalue weighted by molar-refractivity contribution is 6.26. The van der Waals surface area contributed by atoms with Gasteiger partial charge in [0.15, 0.2) is 5.84 Å². The van der Waals surface area contributed by atoms with Gasteiger partial charge in [-0.2, -0.15) is 0 Å². The number of halogens is 1. The maximum Gasteiger partial charge on any atom is 0.158 e. The predicted molar refractivity (Wildman–Crippen MR) is 91.9 cm³/mol. The summed E-state index contributed by atoms with van der Waals surface area (Å²) >= 11 is 0. The smallest absolute Gasteiger partial charge is 0.158 e. The molecule has 0 saturated carbocycles. The standard InChI is InChI=1S/C17H20FN5/c1-12-5-6-13(9-15(12)18)20-10-14-16(19)21-11-22-17(14)23-7-3-2-4-8-23/h5-6,9-11,19-20H,2-4,7-8H2,1H3/b14-10+,19-16?. The minimum absolute atomic E-state index is 0.167. The lowest BCUT2D eigenvalue weighted by Gasteiger charge is -2.31. The van der Waals surface area contributed by atoms with Crippen LogP contribution in [0, 0.1) is 18.2 Å². The van der Waals surface area contributed by atoms with Crippen molar-refractivity contribution in [1.29, 1.82) is 5.41 Å². The van der Waals surface area contributed by atoms with E-state index in [1.165, 1.54) is 18.8 Å². The number of aryl methyl sites for hydroxylation is 1. The normalized spacial score (nSPS) is 19.9. The van der Waals surface area contributed by atoms with Crippen molar-refractivity contribution in [3.8, 4) is 0 Å². The number of anilines is 1. The fraction of sp³-hybridized carbons (Fsp3) is 0.353. The second-order valence-corrected chi connectivity index (χ2v) is 5.76. The van der Waals surface area contributed by atoms with Gasteiger partial charge in [0.1, 0.15) is 18.0 Å². The van der Waals surface area contributed by atoms with Crippen LogP contribution in [0.2, 0.25) is 0 Å². The highest BCUT2D eigenvalue weighted by Gasteiger charge is 2.22. The van der Waals surface area contributed by atoms with Crippen LogP contribution in [0.4, 0.5) is 10.1 Å². The molecule has 120 valence electrons. The summed E-state index contributed by atoms with van der Waals surface area (Å²) in [7, 11) is 0. The first kappa shape index (κ1) is 15.4. The van der Waals surface area contributed by atoms with Crippen LogP contribution < -0.4 is 5.32 Å². The Labute approximate surface area is 135 Å². The highest BCUT2D eigenvalue weighted by Crippen LogP contribution is 2.18. The van der Waals surface area contributed by atoms with Gasteiger partial charge in [-0.05, 0) is 43.9 Å². The molecule has 1 aromatic rings. The number of benzene rings is 1. The van der Waals surface area contributed by atoms with E-state index in [0.29, 0.717) is 16.8 Å². The lowest BCUT2D eigenvalue weighted by Crippen LogP contribution is -2.39. The van der Waals surface area contributed by atoms with Gasteiger partial charge in [-0.1, -0.05) is 6.07 Å². The monoisotopic (exact) mass is 313 g/mol. The van der Waals surface area contributed by atoms with E-state index in [0.717, 1.165) is 31.8 Å². The average molecular weight is 313 g/mol. The Kier molecular flexibility index (Phi) is 4.50. The number of nitrogens with zero attached hydrogens (tertiary/aromatic N) is 3. The van der Waals surface area contributed by atoms with Crippen LogP contribution >= 0.6 is 0 Å². The molecule has 1 aromatic carbocycles. The van der Waals surface area contributed by atoms with Gasteiger partial charge in [0, 0.05) is 25.0 Å². The molecule has 3 rings (SSSR count). The Bertz CT molecular complexity index is 699. The maximum atomic E-state index is 13.6. The molecule has 0 atom stereocenters. The Balaban J connectivity index is 1.82. The summed E-state index contributed by atoms with van der Waals surface area (Å²) in [6, 6.07) is 4.98. The zero-order chi connectivity index (χ0) is 16.2. The SMILES string of the molecule is Cc1ccc(N/C=C2\C(=N)N=CN=C2N2CCCCC2)cc1F. The van der Waals surface area contributed by atoms with E-state index >= 15 is 0 Å². The van der Waals surface area contributed by atoms with Gasteiger partial charge in [-0.3, -0.25) is 5.41 Å². The summed E-state index contributed by atoms with van der Waals surface area (Å²) in [4.78, 5) is 10.5. The first-order valence-corrected chi connectivity index (χ1v) is 7.82. The molecule has 0 spiro atoms. The number of nitrogens with one attached hydrogen (secondary N) is 2. The van der Waals surface area contributed by atoms with Gasteiger partial charge >= 0.3 is 0 Å². The third kappa shape index (κ3) is 3.47. The van der Waals surface area contributed by atoms with Crippen molar-refractivity contribution in [3.05, 3.63) is 41.4 Å². The zero-order valence-corrected chi connectivity index (χ0v) is 13.1. The molecule has 1 fully saturated rings. The summed E-state index contributed by atoms with van der Waals surface area (Å²) < 4.78 is 13.6. The second kappa shape index (κ2) is 6.73. The number of aliphatic imine (C=N–C) groups is 2. The largest absolute Gasteiger partial charge is 0.361 e. The summed E-state index contributed by atoms with van der Waals surface area (Å²) in [5, 5.41) is 11.1. The molecule has 0 aromatic heterocycles. The predicted octanol–water partition coefficient (Wildman–Crippen LogP) is 3.33. The van der Waals surface area contributed by atoms with Gasteiger partial charge < -0.3 is 10.2 Å². The molecule has 0 unspecified atom stereocenters. The molecule has 0 amide bonds. The van der Waals surface area contributed by atoms with E-state index in [-0.39, 0.29) is 11.7 Å². The van der Waals surface area contributed by atoms with Crippen LogP contribution in [0.1, 0.15) is 24.8 Å². The first-order chi connectivity index (χ1) is 11.1. The molecule has 2 heterocycles. The molecule has 0 aliphatic carbocycles. The lowest BCUT2D eigenvalue weighted by molar-refractivity contribution is 0.343. The molecule has 1 saturated heterocycles. The zero-order valence-electron chi connectivity index (χ0n) is 13.1. The van der Waals surface area contributed by atoms with Crippen molar-refractivity contribution >= 4 is 23.7 Å². The molecule has 6 heteroatoms. The summed E-state index contributed by atoms with van der Waals surface area (Å²) in [6.07, 6.45) is 6.61. The topological polar surface area (TPSA) is 63.8 Å². The summed E-state index contributed by atoms with van der Waals surface area (Å²) in [5.41, 5.74) is 1.88. The van der Waals surface area contributed by atoms with Crippen LogP contribution in [0.5, 0.6) is 0 Å². The first-order valence-electron chi connectivity index (χ1n) is 7.82. The van der Waals surface area contributed by atoms with Crippen molar-refractivity contribution in [1.82, 2.24) is 4.90 Å². The van der Waals surface area contributed by atoms with Gasteiger partial charge in [0.05, 0.1) is 5.57 Å². The van der Waals surface area contributed by atoms with E-state index in [9.17, 15) is 4.39 Å². The van der Waals surface area contributed by atoms with Crippen molar-refractivity contribution in [3.63, 3.8) is 0 Å². The van der Waals surface area contributed by atoms with E-state index in [1.54, 1.807) is 19.2 Å². The van der Waals surface area contributed by atoms with E-state index in [2.05, 4.69) is 20.2 Å². The fourth-order valence-electron chi connectivity index (χ4n) is 2.72. The number of hydrogen-bond acceptors (Lipinski definition) is 4. The van der Waals surface area contributed by atoms with Crippen molar-refractivity contribution < 1.29 is 4.39 Å². The lowest BCUT2D eigenvalue weighted by atomic mass is 10.1. The highest BCUT2D eigenvalue weighted by atomic mass is 19.1.